The molecule has 2 N–H and O–H groups in total. The van der Waals surface area contributed by atoms with Gasteiger partial charge in [0, 0.05) is 0 Å². The van der Waals surface area contributed by atoms with Crippen molar-refractivity contribution in [1.29, 1.82) is 0 Å². The van der Waals surface area contributed by atoms with Crippen molar-refractivity contribution in [3.8, 4) is 5.69 Å². The van der Waals surface area contributed by atoms with Crippen molar-refractivity contribution in [2.75, 3.05) is 0 Å². The van der Waals surface area contributed by atoms with Gasteiger partial charge in [0.05, 0.1) is 0 Å². The van der Waals surface area contributed by atoms with Gasteiger partial charge in [-0.2, -0.15) is 0 Å². The fourth-order valence-electron chi connectivity index (χ4n) is 1.86. The van der Waals surface area contributed by atoms with Gasteiger partial charge in [-0.3, -0.25) is 0 Å². The number of hydrogen-bond acceptors (Lipinski definition) is 2. The van der Waals surface area contributed by atoms with E-state index in [4.69, 9.17) is 5.11 Å². The zero-order valence-corrected chi connectivity index (χ0v) is 14.4. The summed E-state index contributed by atoms with van der Waals surface area (Å²) in [5.74, 6) is -0.780. The predicted molar refractivity (Wildman–Crippen MR) is 74.0 cm³/mol. The molecule has 0 aliphatic rings. The van der Waals surface area contributed by atoms with Gasteiger partial charge in [0.15, 0.2) is 0 Å². The molecule has 1 heterocycles. The Bertz CT molecular complexity index is 508. The Hall–Kier alpha value is -1.53. The van der Waals surface area contributed by atoms with Crippen LogP contribution in [0.3, 0.4) is 0 Å². The summed E-state index contributed by atoms with van der Waals surface area (Å²) < 4.78 is 4.99. The van der Waals surface area contributed by atoms with Gasteiger partial charge in [-0.05, 0) is 0 Å². The number of carboxylic acids is 1. The summed E-state index contributed by atoms with van der Waals surface area (Å²) in [6.07, 6.45) is 4.50. The second kappa shape index (κ2) is 5.88. The van der Waals surface area contributed by atoms with Crippen LogP contribution in [-0.4, -0.2) is 38.4 Å². The van der Waals surface area contributed by atoms with Crippen LogP contribution in [0.5, 0.6) is 0 Å². The van der Waals surface area contributed by atoms with E-state index in [1.165, 1.54) is 0 Å². The van der Waals surface area contributed by atoms with Crippen molar-refractivity contribution < 1.29 is 9.90 Å². The molecule has 0 aliphatic heterocycles. The van der Waals surface area contributed by atoms with Crippen LogP contribution < -0.4 is 4.27 Å². The third-order valence-electron chi connectivity index (χ3n) is 2.93. The number of nitrogens with one attached hydrogen (secondary N) is 1. The van der Waals surface area contributed by atoms with E-state index in [1.807, 2.05) is 53.4 Å². The molecule has 1 aromatic carbocycles. The Morgan fingerprint density at radius 3 is 2.39 bits per heavy atom. The molecule has 4 nitrogen and oxygen atoms in total. The molecule has 2 aromatic rings. The molecule has 0 amide bonds. The quantitative estimate of drug-likeness (QED) is 0.784. The van der Waals surface area contributed by atoms with Crippen LogP contribution in [0.1, 0.15) is 5.56 Å². The molecular weight excluding hydrogens is 289 g/mol. The van der Waals surface area contributed by atoms with E-state index in [0.29, 0.717) is 23.2 Å². The van der Waals surface area contributed by atoms with Crippen LogP contribution in [0, 0.1) is 0 Å². The summed E-state index contributed by atoms with van der Waals surface area (Å²) in [6.45, 7) is 0. The van der Waals surface area contributed by atoms with E-state index in [9.17, 15) is 4.79 Å². The molecule has 5 heteroatoms. The molecule has 1 aromatic heterocycles. The summed E-state index contributed by atoms with van der Waals surface area (Å²) in [5, 5.41) is 9.00. The summed E-state index contributed by atoms with van der Waals surface area (Å²) in [6, 6.07) is 11.5. The van der Waals surface area contributed by atoms with Gasteiger partial charge in [-0.15, -0.1) is 0 Å². The van der Waals surface area contributed by atoms with E-state index in [-0.39, 0.29) is 0 Å². The standard InChI is InChI=1S/C13H16GeN2O2/c14-15-12(13(17)18)9-10-3-5-11(6-4-10)16-7-1-2-8-16/h1-8,12,15H,9H2,14H3,(H,17,18). The molecule has 2 rings (SSSR count). The maximum absolute atomic E-state index is 11.0. The molecule has 18 heavy (non-hydrogen) atoms. The molecule has 0 radical (unpaired) electrons. The van der Waals surface area contributed by atoms with Crippen LogP contribution in [-0.2, 0) is 11.2 Å². The summed E-state index contributed by atoms with van der Waals surface area (Å²) in [7, 11) is 0. The van der Waals surface area contributed by atoms with Crippen molar-refractivity contribution in [2.24, 2.45) is 0 Å². The second-order valence-electron chi connectivity index (χ2n) is 4.14. The number of benzene rings is 1. The van der Waals surface area contributed by atoms with Gasteiger partial charge in [0.2, 0.25) is 0 Å². The Morgan fingerprint density at radius 1 is 1.28 bits per heavy atom. The first kappa shape index (κ1) is 12.9. The van der Waals surface area contributed by atoms with Crippen LogP contribution in [0.2, 0.25) is 0 Å². The Kier molecular flexibility index (Phi) is 4.22. The summed E-state index contributed by atoms with van der Waals surface area (Å²) >= 11 is 0.334. The van der Waals surface area contributed by atoms with Gasteiger partial charge in [-0.1, -0.05) is 0 Å². The fourth-order valence-corrected chi connectivity index (χ4v) is 2.81. The molecule has 1 atom stereocenters. The first-order valence-corrected chi connectivity index (χ1v) is 7.93. The van der Waals surface area contributed by atoms with Crippen molar-refractivity contribution in [2.45, 2.75) is 12.5 Å². The molecule has 0 saturated heterocycles. The molecule has 0 saturated carbocycles. The average molecular weight is 305 g/mol. The monoisotopic (exact) mass is 306 g/mol. The SMILES string of the molecule is O=C(O)C(Cc1ccc(-n2cccc2)cc1)[NH][GeH3]. The summed E-state index contributed by atoms with van der Waals surface area (Å²) in [5.41, 5.74) is 2.12. The normalized spacial score (nSPS) is 12.4. The zero-order valence-electron chi connectivity index (χ0n) is 10.2. The topological polar surface area (TPSA) is 54.3 Å². The Balaban J connectivity index is 2.10. The van der Waals surface area contributed by atoms with Crippen LogP contribution in [0.15, 0.2) is 48.8 Å². The van der Waals surface area contributed by atoms with E-state index in [0.717, 1.165) is 11.3 Å². The number of hydrogen-bond donors (Lipinski definition) is 2. The number of aromatic nitrogens is 1. The molecule has 94 valence electrons. The number of aliphatic carboxylic acids is 1. The van der Waals surface area contributed by atoms with E-state index in [2.05, 4.69) is 4.27 Å². The van der Waals surface area contributed by atoms with Gasteiger partial charge < -0.3 is 0 Å². The van der Waals surface area contributed by atoms with Gasteiger partial charge in [0.25, 0.3) is 0 Å². The van der Waals surface area contributed by atoms with E-state index < -0.39 is 12.0 Å². The van der Waals surface area contributed by atoms with Crippen molar-refractivity contribution >= 4 is 22.7 Å². The minimum absolute atomic E-state index is 0.334. The predicted octanol–water partition coefficient (Wildman–Crippen LogP) is 0.343. The zero-order chi connectivity index (χ0) is 13.0. The van der Waals surface area contributed by atoms with Crippen LogP contribution >= 0.6 is 0 Å². The maximum atomic E-state index is 11.0. The minimum atomic E-state index is -0.780. The van der Waals surface area contributed by atoms with Crippen molar-refractivity contribution in [3.05, 3.63) is 54.4 Å². The summed E-state index contributed by atoms with van der Waals surface area (Å²) in [4.78, 5) is 11.0. The van der Waals surface area contributed by atoms with Gasteiger partial charge in [0.1, 0.15) is 0 Å². The molecule has 1 unspecified atom stereocenters. The number of carbonyl (C=O) groups is 1. The molecule has 0 fully saturated rings. The van der Waals surface area contributed by atoms with Gasteiger partial charge >= 0.3 is 114 Å². The first-order valence-electron chi connectivity index (χ1n) is 5.83. The average Bonchev–Trinajstić information content (AvgIpc) is 2.90. The Labute approximate surface area is 114 Å². The van der Waals surface area contributed by atoms with E-state index in [1.54, 1.807) is 0 Å². The van der Waals surface area contributed by atoms with Gasteiger partial charge in [-0.25, -0.2) is 0 Å². The van der Waals surface area contributed by atoms with Crippen molar-refractivity contribution in [3.63, 3.8) is 0 Å². The molecule has 0 aliphatic carbocycles. The van der Waals surface area contributed by atoms with Crippen LogP contribution in [0.4, 0.5) is 0 Å². The number of carboxylic acid groups (broad SMARTS) is 1. The molecular formula is C13H16GeN2O2. The Morgan fingerprint density at radius 2 is 1.89 bits per heavy atom. The number of nitrogens with zero attached hydrogens (tertiary/aromatic N) is 1. The number of rotatable bonds is 5. The van der Waals surface area contributed by atoms with E-state index >= 15 is 0 Å². The van der Waals surface area contributed by atoms with Crippen molar-refractivity contribution in [1.82, 2.24) is 8.84 Å². The fraction of sp³-hybridized carbons (Fsp3) is 0.154. The third-order valence-corrected chi connectivity index (χ3v) is 4.39. The molecule has 0 bridgehead atoms. The third kappa shape index (κ3) is 3.02. The first-order chi connectivity index (χ1) is 8.70. The van der Waals surface area contributed by atoms with Crippen LogP contribution in [0.25, 0.3) is 5.69 Å². The molecule has 0 spiro atoms. The second-order valence-corrected chi connectivity index (χ2v) is 5.35.